The molecule has 0 bridgehead atoms. The average molecular weight is 463 g/mol. The molecule has 3 aromatic rings. The van der Waals surface area contributed by atoms with E-state index < -0.39 is 11.3 Å². The van der Waals surface area contributed by atoms with E-state index in [1.54, 1.807) is 11.6 Å². The third-order valence-electron chi connectivity index (χ3n) is 6.53. The van der Waals surface area contributed by atoms with Gasteiger partial charge in [-0.3, -0.25) is 14.6 Å². The fourth-order valence-corrected chi connectivity index (χ4v) is 4.56. The van der Waals surface area contributed by atoms with Gasteiger partial charge in [-0.25, -0.2) is 4.68 Å². The van der Waals surface area contributed by atoms with Crippen LogP contribution in [-0.2, 0) is 14.9 Å². The summed E-state index contributed by atoms with van der Waals surface area (Å²) in [7, 11) is 0. The van der Waals surface area contributed by atoms with Gasteiger partial charge in [0.25, 0.3) is 5.91 Å². The van der Waals surface area contributed by atoms with E-state index in [0.717, 1.165) is 30.5 Å². The summed E-state index contributed by atoms with van der Waals surface area (Å²) < 4.78 is 7.05. The number of anilines is 1. The number of rotatable bonds is 6. The Morgan fingerprint density at radius 3 is 2.47 bits per heavy atom. The number of aromatic hydroxyl groups is 1. The minimum Gasteiger partial charge on any atom is -0.506 e. The van der Waals surface area contributed by atoms with Gasteiger partial charge < -0.3 is 15.2 Å². The van der Waals surface area contributed by atoms with Crippen LogP contribution in [0.15, 0.2) is 42.7 Å². The van der Waals surface area contributed by atoms with Gasteiger partial charge in [0, 0.05) is 6.07 Å². The molecule has 34 heavy (non-hydrogen) atoms. The Labute approximate surface area is 199 Å². The van der Waals surface area contributed by atoms with Crippen LogP contribution in [0.4, 0.5) is 5.69 Å². The van der Waals surface area contributed by atoms with Crippen LogP contribution in [-0.4, -0.2) is 38.4 Å². The molecule has 0 saturated heterocycles. The van der Waals surface area contributed by atoms with Crippen molar-refractivity contribution in [2.75, 3.05) is 11.9 Å². The van der Waals surface area contributed by atoms with Crippen LogP contribution >= 0.6 is 0 Å². The van der Waals surface area contributed by atoms with Crippen LogP contribution in [0.3, 0.4) is 0 Å². The number of carbonyl (C=O) groups is 2. The summed E-state index contributed by atoms with van der Waals surface area (Å²) in [6.45, 7) is 5.89. The molecular weight excluding hydrogens is 432 g/mol. The first-order valence-electron chi connectivity index (χ1n) is 11.7. The van der Waals surface area contributed by atoms with Crippen LogP contribution < -0.4 is 5.32 Å². The molecule has 0 unspecified atom stereocenters. The number of amides is 1. The lowest BCUT2D eigenvalue weighted by atomic mass is 9.71. The summed E-state index contributed by atoms with van der Waals surface area (Å²) in [4.78, 5) is 30.3. The van der Waals surface area contributed by atoms with Crippen LogP contribution in [0.5, 0.6) is 5.75 Å². The number of hydrogen-bond donors (Lipinski definition) is 2. The Kier molecular flexibility index (Phi) is 6.68. The van der Waals surface area contributed by atoms with Crippen molar-refractivity contribution in [1.82, 2.24) is 14.8 Å². The Morgan fingerprint density at radius 1 is 1.12 bits per heavy atom. The molecule has 0 radical (unpaired) electrons. The summed E-state index contributed by atoms with van der Waals surface area (Å²) in [6.07, 6.45) is 6.99. The van der Waals surface area contributed by atoms with E-state index in [1.807, 2.05) is 38.1 Å². The van der Waals surface area contributed by atoms with Crippen LogP contribution in [0, 0.1) is 13.8 Å². The van der Waals surface area contributed by atoms with Gasteiger partial charge in [0.1, 0.15) is 16.9 Å². The lowest BCUT2D eigenvalue weighted by molar-refractivity contribution is -0.151. The zero-order valence-corrected chi connectivity index (χ0v) is 19.8. The maximum atomic E-state index is 13.0. The molecule has 8 nitrogen and oxygen atoms in total. The molecule has 178 valence electrons. The lowest BCUT2D eigenvalue weighted by Gasteiger charge is -2.34. The Morgan fingerprint density at radius 2 is 1.82 bits per heavy atom. The van der Waals surface area contributed by atoms with Crippen molar-refractivity contribution in [2.24, 2.45) is 0 Å². The third kappa shape index (κ3) is 4.40. The van der Waals surface area contributed by atoms with Crippen molar-refractivity contribution in [1.29, 1.82) is 0 Å². The second kappa shape index (κ2) is 9.67. The molecule has 2 N–H and O–H groups in total. The van der Waals surface area contributed by atoms with Crippen LogP contribution in [0.2, 0.25) is 0 Å². The molecule has 1 amide bonds. The molecule has 2 aromatic heterocycles. The Hall–Kier alpha value is -3.68. The number of hydrogen-bond acceptors (Lipinski definition) is 6. The topological polar surface area (TPSA) is 106 Å². The first kappa shape index (κ1) is 23.5. The summed E-state index contributed by atoms with van der Waals surface area (Å²) in [5, 5.41) is 17.8. The van der Waals surface area contributed by atoms with Gasteiger partial charge in [-0.05, 0) is 45.7 Å². The predicted molar refractivity (Wildman–Crippen MR) is 128 cm³/mol. The largest absolute Gasteiger partial charge is 0.506 e. The fraction of sp³-hybridized carbons (Fsp3) is 0.385. The quantitative estimate of drug-likeness (QED) is 0.518. The fourth-order valence-electron chi connectivity index (χ4n) is 4.56. The number of aryl methyl sites for hydroxylation is 1. The highest BCUT2D eigenvalue weighted by atomic mass is 16.5. The Bertz CT molecular complexity index is 1190. The van der Waals surface area contributed by atoms with Gasteiger partial charge in [-0.2, -0.15) is 5.10 Å². The van der Waals surface area contributed by atoms with E-state index in [0.29, 0.717) is 29.8 Å². The monoisotopic (exact) mass is 462 g/mol. The highest BCUT2D eigenvalue weighted by Crippen LogP contribution is 2.41. The maximum absolute atomic E-state index is 13.0. The summed E-state index contributed by atoms with van der Waals surface area (Å²) in [5.74, 6) is -0.854. The number of carbonyl (C=O) groups excluding carboxylic acids is 2. The van der Waals surface area contributed by atoms with Crippen molar-refractivity contribution in [3.05, 3.63) is 65.2 Å². The predicted octanol–water partition coefficient (Wildman–Crippen LogP) is 4.61. The highest BCUT2D eigenvalue weighted by Gasteiger charge is 2.44. The van der Waals surface area contributed by atoms with E-state index in [2.05, 4.69) is 15.4 Å². The minimum absolute atomic E-state index is 0.142. The first-order chi connectivity index (χ1) is 16.4. The first-order valence-corrected chi connectivity index (χ1v) is 11.7. The van der Waals surface area contributed by atoms with Crippen molar-refractivity contribution < 1.29 is 19.4 Å². The highest BCUT2D eigenvalue weighted by molar-refractivity contribution is 6.05. The van der Waals surface area contributed by atoms with Crippen LogP contribution in [0.25, 0.3) is 5.69 Å². The number of benzene rings is 1. The summed E-state index contributed by atoms with van der Waals surface area (Å²) >= 11 is 0. The molecule has 1 aliphatic carbocycles. The molecule has 2 heterocycles. The average Bonchev–Trinajstić information content (AvgIpc) is 3.22. The smallest absolute Gasteiger partial charge is 0.318 e. The summed E-state index contributed by atoms with van der Waals surface area (Å²) in [6, 6.07) is 9.32. The number of aromatic nitrogens is 3. The van der Waals surface area contributed by atoms with Crippen LogP contribution in [0.1, 0.15) is 66.3 Å². The van der Waals surface area contributed by atoms with Gasteiger partial charge in [0.15, 0.2) is 0 Å². The van der Waals surface area contributed by atoms with Gasteiger partial charge in [0.05, 0.1) is 41.6 Å². The molecule has 4 rings (SSSR count). The number of pyridine rings is 1. The minimum atomic E-state index is -0.861. The number of ether oxygens (including phenoxy) is 1. The van der Waals surface area contributed by atoms with Gasteiger partial charge >= 0.3 is 5.97 Å². The van der Waals surface area contributed by atoms with Gasteiger partial charge in [-0.1, -0.05) is 37.0 Å². The lowest BCUT2D eigenvalue weighted by Crippen LogP contribution is -2.40. The number of esters is 1. The summed E-state index contributed by atoms with van der Waals surface area (Å²) in [5.41, 5.74) is 2.84. The van der Waals surface area contributed by atoms with Gasteiger partial charge in [0.2, 0.25) is 0 Å². The third-order valence-corrected chi connectivity index (χ3v) is 6.53. The van der Waals surface area contributed by atoms with E-state index in [1.165, 1.54) is 18.5 Å². The number of nitrogens with zero attached hydrogens (tertiary/aromatic N) is 3. The van der Waals surface area contributed by atoms with Crippen molar-refractivity contribution >= 4 is 17.6 Å². The molecule has 0 atom stereocenters. The molecule has 1 aliphatic rings. The molecule has 0 spiro atoms. The normalized spacial score (nSPS) is 15.0. The van der Waals surface area contributed by atoms with E-state index in [9.17, 15) is 14.7 Å². The van der Waals surface area contributed by atoms with Crippen molar-refractivity contribution in [2.45, 2.75) is 58.3 Å². The maximum Gasteiger partial charge on any atom is 0.318 e. The molecular formula is C26H30N4O4. The zero-order valence-electron chi connectivity index (χ0n) is 19.8. The molecule has 1 saturated carbocycles. The number of nitrogens with one attached hydrogen (secondary N) is 1. The second-order valence-electron chi connectivity index (χ2n) is 8.80. The SMILES string of the molecule is CCOC(=O)C1(c2cc(O)c(NC(=O)c3cnn(-c4ccc(C)cc4)c3C)cn2)CCCCC1. The standard InChI is InChI=1S/C26H30N4O4/c1-4-34-25(33)26(12-6-5-7-13-26)23-14-22(31)21(16-27-23)29-24(32)20-15-28-30(18(20)3)19-10-8-17(2)9-11-19/h8-11,14-16H,4-7,12-13H2,1-3H3,(H,27,31)(H,29,32). The zero-order chi connectivity index (χ0) is 24.3. The molecule has 0 aliphatic heterocycles. The molecule has 1 aromatic carbocycles. The van der Waals surface area contributed by atoms with Gasteiger partial charge in [-0.15, -0.1) is 0 Å². The van der Waals surface area contributed by atoms with E-state index >= 15 is 0 Å². The van der Waals surface area contributed by atoms with Crippen molar-refractivity contribution in [3.63, 3.8) is 0 Å². The molecule has 8 heteroatoms. The molecule has 1 fully saturated rings. The van der Waals surface area contributed by atoms with E-state index in [4.69, 9.17) is 4.74 Å². The Balaban J connectivity index is 1.57. The van der Waals surface area contributed by atoms with E-state index in [-0.39, 0.29) is 24.0 Å². The second-order valence-corrected chi connectivity index (χ2v) is 8.80. The van der Waals surface area contributed by atoms with Crippen molar-refractivity contribution in [3.8, 4) is 11.4 Å².